The second-order valence-corrected chi connectivity index (χ2v) is 1.87. The van der Waals surface area contributed by atoms with Crippen molar-refractivity contribution in [1.29, 1.82) is 0 Å². The van der Waals surface area contributed by atoms with Crippen LogP contribution in [0.5, 0.6) is 0 Å². The van der Waals surface area contributed by atoms with Crippen LogP contribution in [0.15, 0.2) is 24.3 Å². The number of allylic oxidation sites excluding steroid dienone is 2. The van der Waals surface area contributed by atoms with Crippen LogP contribution >= 0.6 is 0 Å². The van der Waals surface area contributed by atoms with Crippen molar-refractivity contribution in [3.05, 3.63) is 24.3 Å². The maximum Gasteiger partial charge on any atom is 0.186 e. The third-order valence-electron chi connectivity index (χ3n) is 1.03. The highest BCUT2D eigenvalue weighted by Crippen LogP contribution is 2.12. The lowest BCUT2D eigenvalue weighted by Gasteiger charge is -2.16. The van der Waals surface area contributed by atoms with Gasteiger partial charge in [-0.1, -0.05) is 18.2 Å². The normalized spacial score (nSPS) is 23.8. The highest BCUT2D eigenvalue weighted by Gasteiger charge is 2.17. The van der Waals surface area contributed by atoms with Crippen LogP contribution in [0.3, 0.4) is 0 Å². The molecule has 0 radical (unpaired) electrons. The van der Waals surface area contributed by atoms with Gasteiger partial charge in [0.15, 0.2) is 5.79 Å². The zero-order valence-electron chi connectivity index (χ0n) is 4.41. The van der Waals surface area contributed by atoms with Crippen LogP contribution in [0, 0.1) is 0 Å². The Morgan fingerprint density at radius 3 is 2.25 bits per heavy atom. The minimum atomic E-state index is -1.59. The van der Waals surface area contributed by atoms with Crippen LogP contribution in [0.25, 0.3) is 0 Å². The van der Waals surface area contributed by atoms with E-state index < -0.39 is 5.79 Å². The summed E-state index contributed by atoms with van der Waals surface area (Å²) in [6.45, 7) is 0. The Hall–Kier alpha value is -0.600. The highest BCUT2D eigenvalue weighted by molar-refractivity contribution is 5.13. The van der Waals surface area contributed by atoms with Gasteiger partial charge in [0.1, 0.15) is 0 Å². The highest BCUT2D eigenvalue weighted by atomic mass is 16.5. The monoisotopic (exact) mass is 112 g/mol. The summed E-state index contributed by atoms with van der Waals surface area (Å²) in [5, 5.41) is 17.6. The average molecular weight is 112 g/mol. The van der Waals surface area contributed by atoms with Crippen molar-refractivity contribution in [2.45, 2.75) is 12.2 Å². The molecule has 0 bridgehead atoms. The topological polar surface area (TPSA) is 40.5 Å². The summed E-state index contributed by atoms with van der Waals surface area (Å²) in [5.74, 6) is -1.59. The molecule has 0 saturated carbocycles. The molecule has 1 rings (SSSR count). The van der Waals surface area contributed by atoms with E-state index in [1.165, 1.54) is 6.08 Å². The first-order valence-electron chi connectivity index (χ1n) is 2.50. The Labute approximate surface area is 47.8 Å². The second-order valence-electron chi connectivity index (χ2n) is 1.87. The first kappa shape index (κ1) is 5.54. The summed E-state index contributed by atoms with van der Waals surface area (Å²) < 4.78 is 0. The van der Waals surface area contributed by atoms with Gasteiger partial charge in [0.05, 0.1) is 0 Å². The molecule has 2 heteroatoms. The van der Waals surface area contributed by atoms with Crippen molar-refractivity contribution in [3.8, 4) is 0 Å². The average Bonchev–Trinajstić information content (AvgIpc) is 1.65. The van der Waals surface area contributed by atoms with Gasteiger partial charge in [0.25, 0.3) is 0 Å². The van der Waals surface area contributed by atoms with E-state index in [-0.39, 0.29) is 0 Å². The van der Waals surface area contributed by atoms with E-state index >= 15 is 0 Å². The molecule has 0 heterocycles. The molecule has 0 unspecified atom stereocenters. The number of rotatable bonds is 0. The van der Waals surface area contributed by atoms with Crippen LogP contribution in [0.2, 0.25) is 0 Å². The van der Waals surface area contributed by atoms with Crippen LogP contribution in [-0.4, -0.2) is 16.0 Å². The van der Waals surface area contributed by atoms with Crippen molar-refractivity contribution < 1.29 is 10.2 Å². The van der Waals surface area contributed by atoms with Crippen molar-refractivity contribution in [2.24, 2.45) is 0 Å². The Morgan fingerprint density at radius 2 is 2.00 bits per heavy atom. The molecule has 1 aliphatic carbocycles. The van der Waals surface area contributed by atoms with E-state index in [1.807, 2.05) is 0 Å². The van der Waals surface area contributed by atoms with Gasteiger partial charge in [-0.25, -0.2) is 0 Å². The predicted octanol–water partition coefficient (Wildman–Crippen LogP) is 0.183. The van der Waals surface area contributed by atoms with Gasteiger partial charge in [-0.3, -0.25) is 0 Å². The van der Waals surface area contributed by atoms with E-state index in [1.54, 1.807) is 18.2 Å². The van der Waals surface area contributed by atoms with Crippen LogP contribution in [0.1, 0.15) is 6.42 Å². The van der Waals surface area contributed by atoms with Gasteiger partial charge in [0.2, 0.25) is 0 Å². The Balaban J connectivity index is 2.65. The SMILES string of the molecule is OC1(O)C=CC=CC1. The summed E-state index contributed by atoms with van der Waals surface area (Å²) in [7, 11) is 0. The van der Waals surface area contributed by atoms with Gasteiger partial charge in [-0.2, -0.15) is 0 Å². The van der Waals surface area contributed by atoms with E-state index in [4.69, 9.17) is 10.2 Å². The molecule has 0 amide bonds. The van der Waals surface area contributed by atoms with Crippen molar-refractivity contribution in [2.75, 3.05) is 0 Å². The Kier molecular flexibility index (Phi) is 1.19. The van der Waals surface area contributed by atoms with E-state index in [0.29, 0.717) is 6.42 Å². The second kappa shape index (κ2) is 1.73. The maximum absolute atomic E-state index is 8.79. The standard InChI is InChI=1S/C6H8O2/c7-6(8)4-2-1-3-5-6/h1-4,7-8H,5H2. The largest absolute Gasteiger partial charge is 0.362 e. The molecule has 0 spiro atoms. The van der Waals surface area contributed by atoms with Gasteiger partial charge in [-0.15, -0.1) is 0 Å². The molecule has 0 aromatic heterocycles. The van der Waals surface area contributed by atoms with Crippen LogP contribution in [0.4, 0.5) is 0 Å². The molecule has 44 valence electrons. The first-order valence-corrected chi connectivity index (χ1v) is 2.50. The third kappa shape index (κ3) is 1.18. The molecule has 1 aliphatic rings. The van der Waals surface area contributed by atoms with Crippen LogP contribution < -0.4 is 0 Å². The molecular formula is C6H8O2. The van der Waals surface area contributed by atoms with Gasteiger partial charge < -0.3 is 10.2 Å². The van der Waals surface area contributed by atoms with Crippen molar-refractivity contribution in [3.63, 3.8) is 0 Å². The minimum Gasteiger partial charge on any atom is -0.362 e. The molecule has 0 atom stereocenters. The molecule has 2 nitrogen and oxygen atoms in total. The maximum atomic E-state index is 8.79. The molecule has 0 fully saturated rings. The molecule has 0 aromatic carbocycles. The molecular weight excluding hydrogens is 104 g/mol. The fraction of sp³-hybridized carbons (Fsp3) is 0.333. The molecule has 2 N–H and O–H groups in total. The fourth-order valence-corrected chi connectivity index (χ4v) is 0.598. The summed E-state index contributed by atoms with van der Waals surface area (Å²) in [6.07, 6.45) is 6.75. The van der Waals surface area contributed by atoms with Gasteiger partial charge in [0, 0.05) is 6.42 Å². The number of hydrogen-bond donors (Lipinski definition) is 2. The smallest absolute Gasteiger partial charge is 0.186 e. The quantitative estimate of drug-likeness (QED) is 0.439. The van der Waals surface area contributed by atoms with Gasteiger partial charge in [-0.05, 0) is 6.08 Å². The van der Waals surface area contributed by atoms with E-state index in [2.05, 4.69) is 0 Å². The molecule has 0 aromatic rings. The third-order valence-corrected chi connectivity index (χ3v) is 1.03. The molecule has 0 aliphatic heterocycles. The summed E-state index contributed by atoms with van der Waals surface area (Å²) >= 11 is 0. The van der Waals surface area contributed by atoms with E-state index in [9.17, 15) is 0 Å². The fourth-order valence-electron chi connectivity index (χ4n) is 0.598. The van der Waals surface area contributed by atoms with E-state index in [0.717, 1.165) is 0 Å². The zero-order valence-corrected chi connectivity index (χ0v) is 4.41. The minimum absolute atomic E-state index is 0.295. The summed E-state index contributed by atoms with van der Waals surface area (Å²) in [4.78, 5) is 0. The van der Waals surface area contributed by atoms with Crippen molar-refractivity contribution >= 4 is 0 Å². The molecule has 8 heavy (non-hydrogen) atoms. The first-order chi connectivity index (χ1) is 3.71. The predicted molar refractivity (Wildman–Crippen MR) is 30.1 cm³/mol. The van der Waals surface area contributed by atoms with Gasteiger partial charge >= 0.3 is 0 Å². The van der Waals surface area contributed by atoms with Crippen LogP contribution in [-0.2, 0) is 0 Å². The number of hydrogen-bond acceptors (Lipinski definition) is 2. The lowest BCUT2D eigenvalue weighted by atomic mass is 10.1. The summed E-state index contributed by atoms with van der Waals surface area (Å²) in [6, 6.07) is 0. The van der Waals surface area contributed by atoms with Crippen molar-refractivity contribution in [1.82, 2.24) is 0 Å². The number of aliphatic hydroxyl groups is 2. The summed E-state index contributed by atoms with van der Waals surface area (Å²) in [5.41, 5.74) is 0. The lowest BCUT2D eigenvalue weighted by Crippen LogP contribution is -2.24. The Bertz CT molecular complexity index is 133. The Morgan fingerprint density at radius 1 is 1.25 bits per heavy atom. The lowest BCUT2D eigenvalue weighted by molar-refractivity contribution is -0.115. The zero-order chi connectivity index (χ0) is 6.04. The molecule has 0 saturated heterocycles.